The van der Waals surface area contributed by atoms with Crippen LogP contribution < -0.4 is 0 Å². The summed E-state index contributed by atoms with van der Waals surface area (Å²) in [6.45, 7) is 0. The van der Waals surface area contributed by atoms with Crippen molar-refractivity contribution in [3.63, 3.8) is 0 Å². The van der Waals surface area contributed by atoms with E-state index in [1.807, 2.05) is 12.1 Å². The lowest BCUT2D eigenvalue weighted by molar-refractivity contribution is -0.220. The lowest BCUT2D eigenvalue weighted by Gasteiger charge is -2.39. The Morgan fingerprint density at radius 2 is 2.07 bits per heavy atom. The third kappa shape index (κ3) is 1.84. The van der Waals surface area contributed by atoms with E-state index < -0.39 is 5.79 Å². The monoisotopic (exact) mass is 223 g/mol. The third-order valence-corrected chi connectivity index (χ3v) is 3.16. The highest BCUT2D eigenvalue weighted by molar-refractivity contribution is 6.32. The Kier molecular flexibility index (Phi) is 2.43. The van der Waals surface area contributed by atoms with Gasteiger partial charge in [0, 0.05) is 12.8 Å². The Morgan fingerprint density at radius 3 is 2.60 bits per heavy atom. The van der Waals surface area contributed by atoms with Gasteiger partial charge in [-0.05, 0) is 17.5 Å². The first-order chi connectivity index (χ1) is 7.03. The van der Waals surface area contributed by atoms with Crippen molar-refractivity contribution in [1.29, 1.82) is 5.26 Å². The van der Waals surface area contributed by atoms with Crippen molar-refractivity contribution in [3.8, 4) is 6.07 Å². The van der Waals surface area contributed by atoms with Crippen molar-refractivity contribution in [2.75, 3.05) is 0 Å². The molecular formula is C11H10ClNO2. The maximum atomic E-state index is 9.21. The van der Waals surface area contributed by atoms with Gasteiger partial charge in [-0.2, -0.15) is 5.26 Å². The molecule has 2 N–H and O–H groups in total. The van der Waals surface area contributed by atoms with Crippen LogP contribution in [0.4, 0.5) is 0 Å². The number of halogens is 1. The summed E-state index contributed by atoms with van der Waals surface area (Å²) in [5.74, 6) is -1.52. The fraction of sp³-hybridized carbons (Fsp3) is 0.364. The van der Waals surface area contributed by atoms with Crippen LogP contribution in [0.2, 0.25) is 5.02 Å². The average molecular weight is 224 g/mol. The van der Waals surface area contributed by atoms with Crippen molar-refractivity contribution in [3.05, 3.63) is 34.3 Å². The second-order valence-corrected chi connectivity index (χ2v) is 4.29. The molecule has 0 bridgehead atoms. The Labute approximate surface area is 92.5 Å². The molecule has 3 nitrogen and oxygen atoms in total. The quantitative estimate of drug-likeness (QED) is 0.714. The minimum atomic E-state index is -1.56. The van der Waals surface area contributed by atoms with E-state index in [1.54, 1.807) is 12.1 Å². The Morgan fingerprint density at radius 1 is 1.40 bits per heavy atom. The van der Waals surface area contributed by atoms with Gasteiger partial charge in [-0.1, -0.05) is 23.7 Å². The molecule has 1 saturated carbocycles. The van der Waals surface area contributed by atoms with Crippen molar-refractivity contribution in [1.82, 2.24) is 0 Å². The molecule has 1 aliphatic carbocycles. The maximum Gasteiger partial charge on any atom is 0.163 e. The Hall–Kier alpha value is -1.08. The van der Waals surface area contributed by atoms with E-state index in [9.17, 15) is 10.2 Å². The summed E-state index contributed by atoms with van der Waals surface area (Å²) >= 11 is 6.02. The van der Waals surface area contributed by atoms with Crippen molar-refractivity contribution < 1.29 is 10.2 Å². The molecule has 0 atom stereocenters. The molecule has 15 heavy (non-hydrogen) atoms. The van der Waals surface area contributed by atoms with Gasteiger partial charge in [-0.15, -0.1) is 0 Å². The first-order valence-electron chi connectivity index (χ1n) is 4.67. The van der Waals surface area contributed by atoms with Gasteiger partial charge < -0.3 is 10.2 Å². The summed E-state index contributed by atoms with van der Waals surface area (Å²) in [5.41, 5.74) is 1.26. The van der Waals surface area contributed by atoms with Crippen LogP contribution in [0, 0.1) is 11.3 Å². The van der Waals surface area contributed by atoms with Crippen LogP contribution in [0.3, 0.4) is 0 Å². The van der Waals surface area contributed by atoms with E-state index in [1.165, 1.54) is 0 Å². The zero-order valence-electron chi connectivity index (χ0n) is 7.94. The van der Waals surface area contributed by atoms with Gasteiger partial charge in [0.2, 0.25) is 0 Å². The van der Waals surface area contributed by atoms with E-state index in [0.717, 1.165) is 5.56 Å². The van der Waals surface area contributed by atoms with Crippen LogP contribution >= 0.6 is 11.6 Å². The summed E-state index contributed by atoms with van der Waals surface area (Å²) in [6, 6.07) is 7.23. The van der Waals surface area contributed by atoms with Crippen molar-refractivity contribution in [2.45, 2.75) is 24.5 Å². The van der Waals surface area contributed by atoms with Gasteiger partial charge in [0.25, 0.3) is 0 Å². The third-order valence-electron chi connectivity index (χ3n) is 2.74. The standard InChI is InChI=1S/C11H10ClNO2/c12-10-7(6-13)2-1-3-9(10)8-4-11(14,15)5-8/h1-3,8,14-15H,4-5H2. The van der Waals surface area contributed by atoms with Crippen LogP contribution in [0.25, 0.3) is 0 Å². The number of nitriles is 1. The first-order valence-corrected chi connectivity index (χ1v) is 5.04. The second-order valence-electron chi connectivity index (χ2n) is 3.91. The Bertz CT molecular complexity index is 429. The Balaban J connectivity index is 2.28. The molecule has 0 radical (unpaired) electrons. The molecule has 0 aromatic heterocycles. The molecule has 1 aromatic carbocycles. The summed E-state index contributed by atoms with van der Waals surface area (Å²) < 4.78 is 0. The number of aliphatic hydroxyl groups is 2. The first kappa shape index (κ1) is 10.4. The summed E-state index contributed by atoms with van der Waals surface area (Å²) in [6.07, 6.45) is 0.559. The predicted molar refractivity (Wildman–Crippen MR) is 55.3 cm³/mol. The highest BCUT2D eigenvalue weighted by Gasteiger charge is 2.42. The minimum Gasteiger partial charge on any atom is -0.366 e. The number of benzene rings is 1. The van der Waals surface area contributed by atoms with Gasteiger partial charge >= 0.3 is 0 Å². The van der Waals surface area contributed by atoms with Gasteiger partial charge in [0.15, 0.2) is 5.79 Å². The average Bonchev–Trinajstić information content (AvgIpc) is 2.14. The van der Waals surface area contributed by atoms with Crippen LogP contribution in [-0.2, 0) is 0 Å². The molecule has 0 unspecified atom stereocenters. The molecule has 0 heterocycles. The minimum absolute atomic E-state index is 0.0424. The highest BCUT2D eigenvalue weighted by atomic mass is 35.5. The van der Waals surface area contributed by atoms with Crippen LogP contribution in [0.5, 0.6) is 0 Å². The zero-order chi connectivity index (χ0) is 11.1. The normalized spacial score (nSPS) is 19.3. The number of rotatable bonds is 1. The molecule has 4 heteroatoms. The molecule has 1 fully saturated rings. The number of hydrogen-bond acceptors (Lipinski definition) is 3. The van der Waals surface area contributed by atoms with Crippen molar-refractivity contribution >= 4 is 11.6 Å². The summed E-state index contributed by atoms with van der Waals surface area (Å²) in [7, 11) is 0. The van der Waals surface area contributed by atoms with E-state index in [4.69, 9.17) is 16.9 Å². The largest absolute Gasteiger partial charge is 0.366 e. The molecule has 78 valence electrons. The zero-order valence-corrected chi connectivity index (χ0v) is 8.70. The predicted octanol–water partition coefficient (Wildman–Crippen LogP) is 1.77. The van der Waals surface area contributed by atoms with Crippen LogP contribution in [-0.4, -0.2) is 16.0 Å². The number of hydrogen-bond donors (Lipinski definition) is 2. The molecule has 1 aliphatic rings. The molecule has 0 aliphatic heterocycles. The molecule has 1 aromatic rings. The van der Waals surface area contributed by atoms with Crippen molar-refractivity contribution in [2.24, 2.45) is 0 Å². The van der Waals surface area contributed by atoms with Gasteiger partial charge in [-0.3, -0.25) is 0 Å². The fourth-order valence-electron chi connectivity index (χ4n) is 1.90. The molecule has 0 saturated heterocycles. The molecule has 0 spiro atoms. The molecule has 2 rings (SSSR count). The summed E-state index contributed by atoms with van der Waals surface area (Å²) in [5, 5.41) is 27.6. The summed E-state index contributed by atoms with van der Waals surface area (Å²) in [4.78, 5) is 0. The van der Waals surface area contributed by atoms with Crippen LogP contribution in [0.1, 0.15) is 29.9 Å². The topological polar surface area (TPSA) is 64.2 Å². The molecule has 0 amide bonds. The van der Waals surface area contributed by atoms with E-state index in [-0.39, 0.29) is 18.8 Å². The number of nitrogens with zero attached hydrogens (tertiary/aromatic N) is 1. The highest BCUT2D eigenvalue weighted by Crippen LogP contribution is 2.45. The lowest BCUT2D eigenvalue weighted by Crippen LogP contribution is -2.42. The second kappa shape index (κ2) is 3.49. The van der Waals surface area contributed by atoms with Gasteiger partial charge in [0.05, 0.1) is 10.6 Å². The van der Waals surface area contributed by atoms with E-state index in [0.29, 0.717) is 10.6 Å². The molecular weight excluding hydrogens is 214 g/mol. The van der Waals surface area contributed by atoms with E-state index >= 15 is 0 Å². The van der Waals surface area contributed by atoms with Gasteiger partial charge in [0.1, 0.15) is 6.07 Å². The SMILES string of the molecule is N#Cc1cccc(C2CC(O)(O)C2)c1Cl. The fourth-order valence-corrected chi connectivity index (χ4v) is 2.22. The smallest absolute Gasteiger partial charge is 0.163 e. The van der Waals surface area contributed by atoms with Crippen LogP contribution in [0.15, 0.2) is 18.2 Å². The lowest BCUT2D eigenvalue weighted by atomic mass is 9.74. The van der Waals surface area contributed by atoms with E-state index in [2.05, 4.69) is 0 Å². The maximum absolute atomic E-state index is 9.21. The van der Waals surface area contributed by atoms with Gasteiger partial charge in [-0.25, -0.2) is 0 Å².